The van der Waals surface area contributed by atoms with E-state index < -0.39 is 21.7 Å². The van der Waals surface area contributed by atoms with E-state index in [1.807, 2.05) is 18.7 Å². The van der Waals surface area contributed by atoms with Crippen molar-refractivity contribution in [3.05, 3.63) is 54.2 Å². The van der Waals surface area contributed by atoms with Gasteiger partial charge in [-0.2, -0.15) is 0 Å². The molecule has 0 bridgehead atoms. The molecule has 202 valence electrons. The molecule has 5 rings (SSSR count). The number of benzene rings is 2. The van der Waals surface area contributed by atoms with E-state index in [0.717, 1.165) is 32.1 Å². The van der Waals surface area contributed by atoms with Gasteiger partial charge in [-0.1, -0.05) is 0 Å². The first kappa shape index (κ1) is 26.3. The number of nitrogens with zero attached hydrogens (tertiary/aromatic N) is 3. The van der Waals surface area contributed by atoms with Gasteiger partial charge < -0.3 is 20.3 Å². The van der Waals surface area contributed by atoms with Crippen LogP contribution in [0.15, 0.2) is 47.5 Å². The molecule has 1 aromatic heterocycles. The molecule has 2 aliphatic heterocycles. The predicted octanol–water partition coefficient (Wildman–Crippen LogP) is 3.80. The minimum Gasteiger partial charge on any atom is -0.486 e. The number of anilines is 3. The molecule has 0 saturated carbocycles. The van der Waals surface area contributed by atoms with Crippen molar-refractivity contribution in [1.29, 1.82) is 0 Å². The SMILES string of the molecule is CC(C)N1CCOc2c(F)cc(-c3nc(Nc4ccc(S(=O)(=O)NC5CCNCC5)cc4)ncc3F)cc21. The largest absolute Gasteiger partial charge is 0.486 e. The van der Waals surface area contributed by atoms with Crippen LogP contribution < -0.4 is 25.0 Å². The summed E-state index contributed by atoms with van der Waals surface area (Å²) < 4.78 is 63.5. The molecule has 0 aliphatic carbocycles. The molecule has 0 radical (unpaired) electrons. The zero-order valence-corrected chi connectivity index (χ0v) is 22.0. The summed E-state index contributed by atoms with van der Waals surface area (Å²) in [7, 11) is -3.66. The Labute approximate surface area is 220 Å². The number of fused-ring (bicyclic) bond motifs is 1. The topological polar surface area (TPSA) is 108 Å². The summed E-state index contributed by atoms with van der Waals surface area (Å²) in [4.78, 5) is 10.4. The van der Waals surface area contributed by atoms with Crippen LogP contribution in [0.4, 0.5) is 26.1 Å². The van der Waals surface area contributed by atoms with Crippen LogP contribution in [0, 0.1) is 11.6 Å². The van der Waals surface area contributed by atoms with E-state index in [2.05, 4.69) is 25.3 Å². The lowest BCUT2D eigenvalue weighted by molar-refractivity contribution is 0.287. The van der Waals surface area contributed by atoms with E-state index in [1.165, 1.54) is 18.2 Å². The van der Waals surface area contributed by atoms with E-state index >= 15 is 0 Å². The Bertz CT molecular complexity index is 1410. The van der Waals surface area contributed by atoms with Crippen LogP contribution in [-0.4, -0.2) is 56.7 Å². The zero-order chi connectivity index (χ0) is 26.9. The van der Waals surface area contributed by atoms with Crippen molar-refractivity contribution in [2.45, 2.75) is 43.7 Å². The molecular formula is C26H30F2N6O3S. The Morgan fingerprint density at radius 1 is 1.11 bits per heavy atom. The first-order valence-corrected chi connectivity index (χ1v) is 14.1. The summed E-state index contributed by atoms with van der Waals surface area (Å²) >= 11 is 0. The number of nitrogens with one attached hydrogen (secondary N) is 3. The van der Waals surface area contributed by atoms with Crippen molar-refractivity contribution in [2.75, 3.05) is 36.5 Å². The highest BCUT2D eigenvalue weighted by Crippen LogP contribution is 2.39. The maximum Gasteiger partial charge on any atom is 0.240 e. The molecule has 3 aromatic rings. The van der Waals surface area contributed by atoms with Gasteiger partial charge in [0.25, 0.3) is 0 Å². The Hall–Kier alpha value is -3.35. The number of piperidine rings is 1. The maximum atomic E-state index is 14.9. The normalized spacial score (nSPS) is 16.3. The Morgan fingerprint density at radius 2 is 1.84 bits per heavy atom. The average Bonchev–Trinajstić information content (AvgIpc) is 2.90. The smallest absolute Gasteiger partial charge is 0.240 e. The molecular weight excluding hydrogens is 514 g/mol. The van der Waals surface area contributed by atoms with Crippen molar-refractivity contribution in [3.8, 4) is 17.0 Å². The summed E-state index contributed by atoms with van der Waals surface area (Å²) in [5.74, 6) is -1.07. The van der Waals surface area contributed by atoms with Gasteiger partial charge in [-0.15, -0.1) is 0 Å². The molecule has 0 atom stereocenters. The first-order chi connectivity index (χ1) is 18.2. The Kier molecular flexibility index (Phi) is 7.46. The van der Waals surface area contributed by atoms with Crippen molar-refractivity contribution in [2.24, 2.45) is 0 Å². The predicted molar refractivity (Wildman–Crippen MR) is 141 cm³/mol. The molecule has 0 spiro atoms. The number of rotatable bonds is 7. The Balaban J connectivity index is 1.37. The van der Waals surface area contributed by atoms with Crippen LogP contribution in [0.25, 0.3) is 11.3 Å². The summed E-state index contributed by atoms with van der Waals surface area (Å²) in [6, 6.07) is 9.00. The van der Waals surface area contributed by atoms with Gasteiger partial charge in [0.15, 0.2) is 17.4 Å². The van der Waals surface area contributed by atoms with Gasteiger partial charge in [-0.05, 0) is 76.2 Å². The highest BCUT2D eigenvalue weighted by Gasteiger charge is 2.26. The minimum atomic E-state index is -3.66. The van der Waals surface area contributed by atoms with Gasteiger partial charge in [0.1, 0.15) is 12.3 Å². The van der Waals surface area contributed by atoms with Gasteiger partial charge in [-0.25, -0.2) is 31.9 Å². The maximum absolute atomic E-state index is 14.9. The second kappa shape index (κ2) is 10.8. The fraction of sp³-hybridized carbons (Fsp3) is 0.385. The second-order valence-electron chi connectivity index (χ2n) is 9.63. The molecule has 2 aromatic carbocycles. The molecule has 12 heteroatoms. The van der Waals surface area contributed by atoms with Gasteiger partial charge in [-0.3, -0.25) is 0 Å². The number of hydrogen-bond donors (Lipinski definition) is 3. The highest BCUT2D eigenvalue weighted by molar-refractivity contribution is 7.89. The van der Waals surface area contributed by atoms with Gasteiger partial charge in [0.2, 0.25) is 16.0 Å². The molecule has 0 unspecified atom stereocenters. The van der Waals surface area contributed by atoms with Gasteiger partial charge in [0, 0.05) is 23.3 Å². The van der Waals surface area contributed by atoms with Crippen LogP contribution in [0.1, 0.15) is 26.7 Å². The molecule has 3 N–H and O–H groups in total. The average molecular weight is 545 g/mol. The highest BCUT2D eigenvalue weighted by atomic mass is 32.2. The van der Waals surface area contributed by atoms with Gasteiger partial charge >= 0.3 is 0 Å². The van der Waals surface area contributed by atoms with Crippen LogP contribution in [-0.2, 0) is 10.0 Å². The lowest BCUT2D eigenvalue weighted by atomic mass is 10.1. The van der Waals surface area contributed by atoms with E-state index in [9.17, 15) is 17.2 Å². The summed E-state index contributed by atoms with van der Waals surface area (Å²) in [5.41, 5.74) is 1.25. The third-order valence-corrected chi connectivity index (χ3v) is 8.17. The van der Waals surface area contributed by atoms with Crippen LogP contribution in [0.3, 0.4) is 0 Å². The number of aromatic nitrogens is 2. The van der Waals surface area contributed by atoms with E-state index in [-0.39, 0.29) is 39.9 Å². The number of halogens is 2. The van der Waals surface area contributed by atoms with Crippen molar-refractivity contribution >= 4 is 27.3 Å². The summed E-state index contributed by atoms with van der Waals surface area (Å²) in [6.07, 6.45) is 2.49. The number of sulfonamides is 1. The first-order valence-electron chi connectivity index (χ1n) is 12.6. The zero-order valence-electron chi connectivity index (χ0n) is 21.2. The molecule has 9 nitrogen and oxygen atoms in total. The monoisotopic (exact) mass is 544 g/mol. The van der Waals surface area contributed by atoms with E-state index in [4.69, 9.17) is 4.74 Å². The lowest BCUT2D eigenvalue weighted by Gasteiger charge is -2.34. The fourth-order valence-electron chi connectivity index (χ4n) is 4.68. The van der Waals surface area contributed by atoms with Crippen LogP contribution in [0.2, 0.25) is 0 Å². The molecule has 3 heterocycles. The van der Waals surface area contributed by atoms with E-state index in [0.29, 0.717) is 24.5 Å². The van der Waals surface area contributed by atoms with Crippen molar-refractivity contribution < 1.29 is 21.9 Å². The van der Waals surface area contributed by atoms with Crippen molar-refractivity contribution in [3.63, 3.8) is 0 Å². The number of ether oxygens (including phenoxy) is 1. The Morgan fingerprint density at radius 3 is 2.55 bits per heavy atom. The van der Waals surface area contributed by atoms with Crippen LogP contribution >= 0.6 is 0 Å². The van der Waals surface area contributed by atoms with Crippen molar-refractivity contribution in [1.82, 2.24) is 20.0 Å². The second-order valence-corrected chi connectivity index (χ2v) is 11.3. The molecule has 2 aliphatic rings. The third kappa shape index (κ3) is 5.57. The fourth-order valence-corrected chi connectivity index (χ4v) is 5.98. The molecule has 1 fully saturated rings. The number of hydrogen-bond acceptors (Lipinski definition) is 8. The molecule has 0 amide bonds. The quantitative estimate of drug-likeness (QED) is 0.412. The molecule has 38 heavy (non-hydrogen) atoms. The molecule has 1 saturated heterocycles. The van der Waals surface area contributed by atoms with Gasteiger partial charge in [0.05, 0.1) is 23.3 Å². The summed E-state index contributed by atoms with van der Waals surface area (Å²) in [5, 5.41) is 6.17. The minimum absolute atomic E-state index is 0.0659. The van der Waals surface area contributed by atoms with E-state index in [1.54, 1.807) is 18.2 Å². The lowest BCUT2D eigenvalue weighted by Crippen LogP contribution is -2.42. The standard InChI is InChI=1S/C26H30F2N6O3S/c1-16(2)34-11-12-37-25-21(27)13-17(14-23(25)34)24-22(28)15-30-26(32-24)31-18-3-5-20(6-4-18)38(35,36)33-19-7-9-29-10-8-19/h3-6,13-16,19,29,33H,7-12H2,1-2H3,(H,30,31,32). The van der Waals surface area contributed by atoms with Crippen LogP contribution in [0.5, 0.6) is 5.75 Å². The third-order valence-electron chi connectivity index (χ3n) is 6.63. The summed E-state index contributed by atoms with van der Waals surface area (Å²) in [6.45, 7) is 6.49.